The topological polar surface area (TPSA) is 77.1 Å². The molecule has 1 N–H and O–H groups in total. The summed E-state index contributed by atoms with van der Waals surface area (Å²) in [5.41, 5.74) is 2.47. The van der Waals surface area contributed by atoms with Crippen molar-refractivity contribution in [2.45, 2.75) is 33.7 Å². The number of nitrogens with zero attached hydrogens (tertiary/aromatic N) is 2. The maximum Gasteiger partial charge on any atom is 0.265 e. The third kappa shape index (κ3) is 2.60. The van der Waals surface area contributed by atoms with E-state index in [1.165, 1.54) is 10.9 Å². The van der Waals surface area contributed by atoms with Gasteiger partial charge in [-0.05, 0) is 39.3 Å². The number of carbonyl (C=O) groups is 1. The summed E-state index contributed by atoms with van der Waals surface area (Å²) in [6, 6.07) is 6.81. The minimum absolute atomic E-state index is 0.273. The van der Waals surface area contributed by atoms with Crippen molar-refractivity contribution >= 4 is 22.7 Å². The lowest BCUT2D eigenvalue weighted by Crippen LogP contribution is -2.32. The van der Waals surface area contributed by atoms with Crippen molar-refractivity contribution in [2.75, 3.05) is 5.32 Å². The number of aromatic nitrogens is 2. The average molecular weight is 325 g/mol. The molecule has 1 unspecified atom stereocenters. The number of furan rings is 1. The third-order valence-corrected chi connectivity index (χ3v) is 4.31. The van der Waals surface area contributed by atoms with Crippen LogP contribution in [0.2, 0.25) is 0 Å². The lowest BCUT2D eigenvalue weighted by atomic mass is 10.2. The van der Waals surface area contributed by atoms with Gasteiger partial charge in [0, 0.05) is 11.3 Å². The maximum atomic E-state index is 12.7. The number of aryl methyl sites for hydroxylation is 3. The molecule has 0 aliphatic carbocycles. The molecule has 0 saturated carbocycles. The normalized spacial score (nSPS) is 12.3. The molecule has 1 atom stereocenters. The van der Waals surface area contributed by atoms with Crippen LogP contribution in [0.4, 0.5) is 5.69 Å². The van der Waals surface area contributed by atoms with Crippen LogP contribution in [0.1, 0.15) is 29.9 Å². The molecule has 1 amide bonds. The Morgan fingerprint density at radius 1 is 1.25 bits per heavy atom. The molecule has 0 radical (unpaired) electrons. The van der Waals surface area contributed by atoms with Gasteiger partial charge in [0.25, 0.3) is 5.56 Å². The molecule has 0 saturated heterocycles. The highest BCUT2D eigenvalue weighted by Crippen LogP contribution is 2.20. The van der Waals surface area contributed by atoms with E-state index in [0.717, 1.165) is 16.8 Å². The van der Waals surface area contributed by atoms with Crippen LogP contribution >= 0.6 is 0 Å². The second-order valence-electron chi connectivity index (χ2n) is 5.90. The highest BCUT2D eigenvalue weighted by Gasteiger charge is 2.21. The molecule has 2 aromatic heterocycles. The maximum absolute atomic E-state index is 12.7. The summed E-state index contributed by atoms with van der Waals surface area (Å²) in [5.74, 6) is 0.384. The molecule has 0 aliphatic rings. The molecule has 124 valence electrons. The number of para-hydroxylation sites is 1. The van der Waals surface area contributed by atoms with Crippen LogP contribution in [-0.2, 0) is 4.79 Å². The second kappa shape index (κ2) is 5.96. The van der Waals surface area contributed by atoms with E-state index >= 15 is 0 Å². The van der Waals surface area contributed by atoms with Gasteiger partial charge in [-0.15, -0.1) is 0 Å². The SMILES string of the molecule is Cc1ccccc1NC(=O)C(C)n1cnc2oc(C)c(C)c2c1=O. The van der Waals surface area contributed by atoms with Crippen molar-refractivity contribution in [3.05, 3.63) is 57.8 Å². The monoisotopic (exact) mass is 325 g/mol. The van der Waals surface area contributed by atoms with E-state index in [0.29, 0.717) is 16.9 Å². The summed E-state index contributed by atoms with van der Waals surface area (Å²) < 4.78 is 6.79. The summed E-state index contributed by atoms with van der Waals surface area (Å²) in [5, 5.41) is 3.28. The lowest BCUT2D eigenvalue weighted by Gasteiger charge is -2.15. The Bertz CT molecular complexity index is 985. The minimum Gasteiger partial charge on any atom is -0.443 e. The van der Waals surface area contributed by atoms with E-state index in [1.54, 1.807) is 13.8 Å². The average Bonchev–Trinajstić information content (AvgIpc) is 2.84. The van der Waals surface area contributed by atoms with E-state index in [1.807, 2.05) is 38.1 Å². The van der Waals surface area contributed by atoms with Gasteiger partial charge in [-0.25, -0.2) is 4.98 Å². The number of amides is 1. The van der Waals surface area contributed by atoms with Crippen LogP contribution in [0.25, 0.3) is 11.1 Å². The van der Waals surface area contributed by atoms with Gasteiger partial charge >= 0.3 is 0 Å². The van der Waals surface area contributed by atoms with E-state index in [-0.39, 0.29) is 11.5 Å². The van der Waals surface area contributed by atoms with Gasteiger partial charge in [0.15, 0.2) is 0 Å². The standard InChI is InChI=1S/C18H19N3O3/c1-10-7-5-6-8-14(10)20-16(22)12(3)21-9-19-17-15(18(21)23)11(2)13(4)24-17/h5-9,12H,1-4H3,(H,20,22). The Labute approximate surface area is 139 Å². The molecule has 2 heterocycles. The first kappa shape index (κ1) is 16.0. The highest BCUT2D eigenvalue weighted by molar-refractivity contribution is 5.94. The molecule has 3 rings (SSSR count). The van der Waals surface area contributed by atoms with E-state index < -0.39 is 6.04 Å². The van der Waals surface area contributed by atoms with Gasteiger partial charge in [0.05, 0.1) is 0 Å². The van der Waals surface area contributed by atoms with Crippen LogP contribution in [0, 0.1) is 20.8 Å². The quantitative estimate of drug-likeness (QED) is 0.802. The van der Waals surface area contributed by atoms with E-state index in [2.05, 4.69) is 10.3 Å². The first-order chi connectivity index (χ1) is 11.4. The Hall–Kier alpha value is -2.89. The van der Waals surface area contributed by atoms with Gasteiger partial charge in [-0.3, -0.25) is 14.2 Å². The van der Waals surface area contributed by atoms with Crippen molar-refractivity contribution in [1.29, 1.82) is 0 Å². The first-order valence-corrected chi connectivity index (χ1v) is 7.73. The number of anilines is 1. The molecular weight excluding hydrogens is 306 g/mol. The van der Waals surface area contributed by atoms with Crippen molar-refractivity contribution in [1.82, 2.24) is 9.55 Å². The molecular formula is C18H19N3O3. The van der Waals surface area contributed by atoms with Crippen molar-refractivity contribution < 1.29 is 9.21 Å². The molecule has 1 aromatic carbocycles. The summed E-state index contributed by atoms with van der Waals surface area (Å²) >= 11 is 0. The molecule has 0 spiro atoms. The van der Waals surface area contributed by atoms with Gasteiger partial charge in [0.1, 0.15) is 23.5 Å². The van der Waals surface area contributed by atoms with Gasteiger partial charge in [-0.2, -0.15) is 0 Å². The predicted octanol–water partition coefficient (Wildman–Crippen LogP) is 3.11. The smallest absolute Gasteiger partial charge is 0.265 e. The summed E-state index contributed by atoms with van der Waals surface area (Å²) in [4.78, 5) is 29.4. The fourth-order valence-corrected chi connectivity index (χ4v) is 2.60. The third-order valence-electron chi connectivity index (χ3n) is 4.31. The van der Waals surface area contributed by atoms with Crippen LogP contribution in [-0.4, -0.2) is 15.5 Å². The number of hydrogen-bond acceptors (Lipinski definition) is 4. The number of nitrogens with one attached hydrogen (secondary N) is 1. The number of fused-ring (bicyclic) bond motifs is 1. The van der Waals surface area contributed by atoms with Crippen molar-refractivity contribution in [3.8, 4) is 0 Å². The fourth-order valence-electron chi connectivity index (χ4n) is 2.60. The molecule has 6 heteroatoms. The largest absolute Gasteiger partial charge is 0.443 e. The zero-order valence-corrected chi connectivity index (χ0v) is 14.1. The molecule has 0 fully saturated rings. The molecule has 24 heavy (non-hydrogen) atoms. The Morgan fingerprint density at radius 2 is 1.96 bits per heavy atom. The van der Waals surface area contributed by atoms with Gasteiger partial charge < -0.3 is 9.73 Å². The summed E-state index contributed by atoms with van der Waals surface area (Å²) in [7, 11) is 0. The van der Waals surface area contributed by atoms with Gasteiger partial charge in [0.2, 0.25) is 11.6 Å². The van der Waals surface area contributed by atoms with E-state index in [4.69, 9.17) is 4.42 Å². The molecule has 0 bridgehead atoms. The van der Waals surface area contributed by atoms with Crippen molar-refractivity contribution in [3.63, 3.8) is 0 Å². The van der Waals surface area contributed by atoms with Crippen LogP contribution in [0.15, 0.2) is 39.8 Å². The Morgan fingerprint density at radius 3 is 2.67 bits per heavy atom. The zero-order valence-electron chi connectivity index (χ0n) is 14.1. The number of rotatable bonds is 3. The fraction of sp³-hybridized carbons (Fsp3) is 0.278. The first-order valence-electron chi connectivity index (χ1n) is 7.73. The summed E-state index contributed by atoms with van der Waals surface area (Å²) in [6.45, 7) is 7.18. The number of benzene rings is 1. The second-order valence-corrected chi connectivity index (χ2v) is 5.90. The van der Waals surface area contributed by atoms with Crippen molar-refractivity contribution in [2.24, 2.45) is 0 Å². The van der Waals surface area contributed by atoms with Crippen LogP contribution in [0.5, 0.6) is 0 Å². The zero-order chi connectivity index (χ0) is 17.4. The molecule has 0 aliphatic heterocycles. The van der Waals surface area contributed by atoms with Crippen LogP contribution in [0.3, 0.4) is 0 Å². The van der Waals surface area contributed by atoms with Gasteiger partial charge in [-0.1, -0.05) is 18.2 Å². The summed E-state index contributed by atoms with van der Waals surface area (Å²) in [6.07, 6.45) is 1.36. The molecule has 3 aromatic rings. The Kier molecular flexibility index (Phi) is 3.97. The highest BCUT2D eigenvalue weighted by atomic mass is 16.3. The predicted molar refractivity (Wildman–Crippen MR) is 92.3 cm³/mol. The van der Waals surface area contributed by atoms with E-state index in [9.17, 15) is 9.59 Å². The lowest BCUT2D eigenvalue weighted by molar-refractivity contribution is -0.118. The number of carbonyl (C=O) groups excluding carboxylic acids is 1. The number of hydrogen-bond donors (Lipinski definition) is 1. The Balaban J connectivity index is 1.96. The molecule has 6 nitrogen and oxygen atoms in total. The van der Waals surface area contributed by atoms with Crippen LogP contribution < -0.4 is 10.9 Å². The minimum atomic E-state index is -0.691.